The van der Waals surface area contributed by atoms with Crippen LogP contribution < -0.4 is 5.73 Å². The molecule has 1 aliphatic heterocycles. The van der Waals surface area contributed by atoms with E-state index in [0.717, 1.165) is 19.4 Å². The molecule has 1 aliphatic rings. The predicted molar refractivity (Wildman–Crippen MR) is 59.5 cm³/mol. The summed E-state index contributed by atoms with van der Waals surface area (Å²) in [6.45, 7) is 5.54. The van der Waals surface area contributed by atoms with E-state index in [9.17, 15) is 4.79 Å². The lowest BCUT2D eigenvalue weighted by molar-refractivity contribution is -0.131. The molecule has 1 heterocycles. The first-order valence-electron chi connectivity index (χ1n) is 5.79. The average Bonchev–Trinajstić information content (AvgIpc) is 2.38. The highest BCUT2D eigenvalue weighted by atomic mass is 16.5. The zero-order chi connectivity index (χ0) is 11.1. The van der Waals surface area contributed by atoms with E-state index in [4.69, 9.17) is 10.5 Å². The Morgan fingerprint density at radius 3 is 3.00 bits per heavy atom. The number of carbonyl (C=O) groups excluding carboxylic acids is 1. The molecule has 0 aliphatic carbocycles. The van der Waals surface area contributed by atoms with Crippen LogP contribution in [0.4, 0.5) is 0 Å². The molecule has 1 amide bonds. The maximum Gasteiger partial charge on any atom is 0.222 e. The highest BCUT2D eigenvalue weighted by Crippen LogP contribution is 2.16. The van der Waals surface area contributed by atoms with Crippen LogP contribution in [0.3, 0.4) is 0 Å². The van der Waals surface area contributed by atoms with Crippen LogP contribution in [0, 0.1) is 5.92 Å². The Labute approximate surface area is 91.8 Å². The van der Waals surface area contributed by atoms with Crippen molar-refractivity contribution in [3.8, 4) is 0 Å². The lowest BCUT2D eigenvalue weighted by Gasteiger charge is -2.20. The van der Waals surface area contributed by atoms with Gasteiger partial charge in [0.15, 0.2) is 0 Å². The summed E-state index contributed by atoms with van der Waals surface area (Å²) in [5, 5.41) is 0. The number of carbonyl (C=O) groups is 1. The third kappa shape index (κ3) is 4.62. The second kappa shape index (κ2) is 6.80. The number of rotatable bonds is 5. The Hall–Kier alpha value is -0.610. The molecule has 4 heteroatoms. The van der Waals surface area contributed by atoms with Gasteiger partial charge in [0.05, 0.1) is 13.2 Å². The third-order valence-electron chi connectivity index (χ3n) is 2.86. The summed E-state index contributed by atoms with van der Waals surface area (Å²) in [6.07, 6.45) is 2.83. The fraction of sp³-hybridized carbons (Fsp3) is 0.909. The van der Waals surface area contributed by atoms with Gasteiger partial charge >= 0.3 is 0 Å². The summed E-state index contributed by atoms with van der Waals surface area (Å²) < 4.78 is 5.28. The van der Waals surface area contributed by atoms with Gasteiger partial charge in [-0.15, -0.1) is 0 Å². The minimum atomic E-state index is 0.274. The number of hydrogen-bond acceptors (Lipinski definition) is 3. The zero-order valence-corrected chi connectivity index (χ0v) is 9.58. The first kappa shape index (κ1) is 12.5. The van der Waals surface area contributed by atoms with Crippen molar-refractivity contribution >= 4 is 5.91 Å². The van der Waals surface area contributed by atoms with Crippen LogP contribution in [0.5, 0.6) is 0 Å². The average molecular weight is 214 g/mol. The third-order valence-corrected chi connectivity index (χ3v) is 2.86. The monoisotopic (exact) mass is 214 g/mol. The number of likely N-dealkylation sites (tertiary alicyclic amines) is 1. The maximum absolute atomic E-state index is 11.7. The number of hydrogen-bond donors (Lipinski definition) is 1. The molecular weight excluding hydrogens is 192 g/mol. The molecule has 0 aromatic rings. The minimum Gasteiger partial charge on any atom is -0.378 e. The van der Waals surface area contributed by atoms with Crippen molar-refractivity contribution in [1.29, 1.82) is 0 Å². The topological polar surface area (TPSA) is 55.6 Å². The Morgan fingerprint density at radius 2 is 2.27 bits per heavy atom. The SMILES string of the molecule is CC1CCC(=O)N(CCOCCN)CC1. The number of nitrogens with zero attached hydrogens (tertiary/aromatic N) is 1. The molecule has 4 nitrogen and oxygen atoms in total. The van der Waals surface area contributed by atoms with Crippen LogP contribution in [-0.2, 0) is 9.53 Å². The van der Waals surface area contributed by atoms with E-state index in [1.54, 1.807) is 0 Å². The first-order valence-corrected chi connectivity index (χ1v) is 5.79. The van der Waals surface area contributed by atoms with E-state index in [1.807, 2.05) is 4.90 Å². The molecule has 0 aromatic carbocycles. The molecule has 0 spiro atoms. The minimum absolute atomic E-state index is 0.274. The normalized spacial score (nSPS) is 22.9. The van der Waals surface area contributed by atoms with Crippen LogP contribution >= 0.6 is 0 Å². The fourth-order valence-corrected chi connectivity index (χ4v) is 1.77. The van der Waals surface area contributed by atoms with E-state index >= 15 is 0 Å². The van der Waals surface area contributed by atoms with Crippen LogP contribution in [0.15, 0.2) is 0 Å². The van der Waals surface area contributed by atoms with Gasteiger partial charge in [-0.25, -0.2) is 0 Å². The van der Waals surface area contributed by atoms with E-state index in [1.165, 1.54) is 0 Å². The first-order chi connectivity index (χ1) is 7.24. The van der Waals surface area contributed by atoms with Crippen molar-refractivity contribution in [1.82, 2.24) is 4.90 Å². The fourth-order valence-electron chi connectivity index (χ4n) is 1.77. The Kier molecular flexibility index (Phi) is 5.65. The number of ether oxygens (including phenoxy) is 1. The molecule has 0 bridgehead atoms. The molecule has 1 fully saturated rings. The second-order valence-corrected chi connectivity index (χ2v) is 4.21. The largest absolute Gasteiger partial charge is 0.378 e. The van der Waals surface area contributed by atoms with Crippen LogP contribution in [0.25, 0.3) is 0 Å². The summed E-state index contributed by atoms with van der Waals surface area (Å²) in [5.74, 6) is 0.944. The summed E-state index contributed by atoms with van der Waals surface area (Å²) in [4.78, 5) is 13.6. The van der Waals surface area contributed by atoms with E-state index in [0.29, 0.717) is 38.6 Å². The van der Waals surface area contributed by atoms with Gasteiger partial charge in [-0.05, 0) is 18.8 Å². The molecule has 1 saturated heterocycles. The van der Waals surface area contributed by atoms with Crippen molar-refractivity contribution in [3.05, 3.63) is 0 Å². The van der Waals surface area contributed by atoms with E-state index in [-0.39, 0.29) is 5.91 Å². The lowest BCUT2D eigenvalue weighted by Crippen LogP contribution is -2.33. The molecule has 0 radical (unpaired) electrons. The van der Waals surface area contributed by atoms with Gasteiger partial charge in [0.1, 0.15) is 0 Å². The molecular formula is C11H22N2O2. The van der Waals surface area contributed by atoms with Crippen LogP contribution in [-0.4, -0.2) is 43.7 Å². The van der Waals surface area contributed by atoms with Gasteiger partial charge in [-0.3, -0.25) is 4.79 Å². The molecule has 0 saturated carbocycles. The van der Waals surface area contributed by atoms with Gasteiger partial charge in [-0.2, -0.15) is 0 Å². The molecule has 88 valence electrons. The summed E-state index contributed by atoms with van der Waals surface area (Å²) in [7, 11) is 0. The van der Waals surface area contributed by atoms with Crippen molar-refractivity contribution in [2.75, 3.05) is 32.8 Å². The van der Waals surface area contributed by atoms with Gasteiger partial charge in [0, 0.05) is 26.1 Å². The summed E-state index contributed by atoms with van der Waals surface area (Å²) in [6, 6.07) is 0. The number of amides is 1. The second-order valence-electron chi connectivity index (χ2n) is 4.21. The molecule has 1 atom stereocenters. The van der Waals surface area contributed by atoms with Crippen LogP contribution in [0.1, 0.15) is 26.2 Å². The smallest absolute Gasteiger partial charge is 0.222 e. The summed E-state index contributed by atoms with van der Waals surface area (Å²) in [5.41, 5.74) is 5.31. The van der Waals surface area contributed by atoms with E-state index in [2.05, 4.69) is 6.92 Å². The Bertz CT molecular complexity index is 197. The molecule has 1 rings (SSSR count). The van der Waals surface area contributed by atoms with Crippen molar-refractivity contribution in [2.24, 2.45) is 11.7 Å². The van der Waals surface area contributed by atoms with Crippen molar-refractivity contribution in [2.45, 2.75) is 26.2 Å². The molecule has 1 unspecified atom stereocenters. The molecule has 15 heavy (non-hydrogen) atoms. The maximum atomic E-state index is 11.7. The van der Waals surface area contributed by atoms with Crippen molar-refractivity contribution < 1.29 is 9.53 Å². The number of nitrogens with two attached hydrogens (primary N) is 1. The van der Waals surface area contributed by atoms with Crippen LogP contribution in [0.2, 0.25) is 0 Å². The van der Waals surface area contributed by atoms with Crippen molar-refractivity contribution in [3.63, 3.8) is 0 Å². The van der Waals surface area contributed by atoms with Gasteiger partial charge in [0.25, 0.3) is 0 Å². The molecule has 2 N–H and O–H groups in total. The predicted octanol–water partition coefficient (Wildman–Crippen LogP) is 0.610. The van der Waals surface area contributed by atoms with Gasteiger partial charge < -0.3 is 15.4 Å². The Balaban J connectivity index is 2.23. The molecule has 0 aromatic heterocycles. The zero-order valence-electron chi connectivity index (χ0n) is 9.58. The summed E-state index contributed by atoms with van der Waals surface area (Å²) >= 11 is 0. The standard InChI is InChI=1S/C11H22N2O2/c1-10-2-3-11(14)13(6-4-10)7-9-15-8-5-12/h10H,2-9,12H2,1H3. The van der Waals surface area contributed by atoms with Gasteiger partial charge in [0.2, 0.25) is 5.91 Å². The Morgan fingerprint density at radius 1 is 1.47 bits per heavy atom. The highest BCUT2D eigenvalue weighted by molar-refractivity contribution is 5.76. The van der Waals surface area contributed by atoms with Gasteiger partial charge in [-0.1, -0.05) is 6.92 Å². The van der Waals surface area contributed by atoms with E-state index < -0.39 is 0 Å². The highest BCUT2D eigenvalue weighted by Gasteiger charge is 2.19. The quantitative estimate of drug-likeness (QED) is 0.682. The lowest BCUT2D eigenvalue weighted by atomic mass is 10.0.